The van der Waals surface area contributed by atoms with Gasteiger partial charge in [0.05, 0.1) is 5.92 Å². The molecule has 0 saturated carbocycles. The first-order chi connectivity index (χ1) is 8.63. The van der Waals surface area contributed by atoms with Gasteiger partial charge in [-0.2, -0.15) is 0 Å². The Kier molecular flexibility index (Phi) is 3.65. The Morgan fingerprint density at radius 1 is 1.44 bits per heavy atom. The minimum Gasteiger partial charge on any atom is -0.356 e. The van der Waals surface area contributed by atoms with Crippen LogP contribution in [-0.4, -0.2) is 24.9 Å². The van der Waals surface area contributed by atoms with Crippen LogP contribution in [0, 0.1) is 12.8 Å². The Morgan fingerprint density at radius 3 is 2.83 bits per heavy atom. The number of benzene rings is 1. The number of para-hydroxylation sites is 1. The molecule has 1 atom stereocenters. The monoisotopic (exact) mass is 246 g/mol. The second kappa shape index (κ2) is 5.21. The van der Waals surface area contributed by atoms with E-state index in [-0.39, 0.29) is 17.7 Å². The SMILES string of the molecule is CCNC(=O)[C@H]1CC(=O)N(c2ccccc2C)C1. The molecule has 2 amide bonds. The molecular weight excluding hydrogens is 228 g/mol. The third-order valence-corrected chi connectivity index (χ3v) is 3.25. The lowest BCUT2D eigenvalue weighted by molar-refractivity contribution is -0.126. The molecule has 1 saturated heterocycles. The molecule has 0 bridgehead atoms. The summed E-state index contributed by atoms with van der Waals surface area (Å²) in [6.07, 6.45) is 0.306. The Bertz CT molecular complexity index is 471. The number of rotatable bonds is 3. The molecule has 0 aromatic heterocycles. The van der Waals surface area contributed by atoms with E-state index in [0.29, 0.717) is 19.5 Å². The molecule has 1 aromatic rings. The Labute approximate surface area is 107 Å². The van der Waals surface area contributed by atoms with E-state index in [1.165, 1.54) is 0 Å². The Hall–Kier alpha value is -1.84. The number of nitrogens with one attached hydrogen (secondary N) is 1. The summed E-state index contributed by atoms with van der Waals surface area (Å²) in [5.74, 6) is -0.223. The number of nitrogens with zero attached hydrogens (tertiary/aromatic N) is 1. The van der Waals surface area contributed by atoms with E-state index in [2.05, 4.69) is 5.32 Å². The van der Waals surface area contributed by atoms with Gasteiger partial charge < -0.3 is 10.2 Å². The number of anilines is 1. The van der Waals surface area contributed by atoms with Gasteiger partial charge >= 0.3 is 0 Å². The summed E-state index contributed by atoms with van der Waals surface area (Å²) in [6.45, 7) is 4.94. The summed E-state index contributed by atoms with van der Waals surface area (Å²) in [5.41, 5.74) is 1.97. The van der Waals surface area contributed by atoms with Crippen LogP contribution in [0.2, 0.25) is 0 Å². The lowest BCUT2D eigenvalue weighted by atomic mass is 10.1. The third kappa shape index (κ3) is 2.37. The molecule has 1 aliphatic heterocycles. The smallest absolute Gasteiger partial charge is 0.227 e. The zero-order valence-electron chi connectivity index (χ0n) is 10.8. The van der Waals surface area contributed by atoms with Crippen molar-refractivity contribution in [2.45, 2.75) is 20.3 Å². The van der Waals surface area contributed by atoms with Crippen molar-refractivity contribution < 1.29 is 9.59 Å². The summed E-state index contributed by atoms with van der Waals surface area (Å²) in [4.78, 5) is 25.5. The standard InChI is InChI=1S/C14H18N2O2/c1-3-15-14(18)11-8-13(17)16(9-11)12-7-5-4-6-10(12)2/h4-7,11H,3,8-9H2,1-2H3,(H,15,18)/t11-/m0/s1. The van der Waals surface area contributed by atoms with Gasteiger partial charge in [0.1, 0.15) is 0 Å². The highest BCUT2D eigenvalue weighted by Crippen LogP contribution is 2.27. The van der Waals surface area contributed by atoms with E-state index >= 15 is 0 Å². The van der Waals surface area contributed by atoms with E-state index in [1.807, 2.05) is 38.1 Å². The minimum absolute atomic E-state index is 0.0260. The van der Waals surface area contributed by atoms with E-state index < -0.39 is 0 Å². The van der Waals surface area contributed by atoms with Crippen molar-refractivity contribution in [1.29, 1.82) is 0 Å². The average Bonchev–Trinajstić information content (AvgIpc) is 2.72. The first-order valence-electron chi connectivity index (χ1n) is 6.27. The topological polar surface area (TPSA) is 49.4 Å². The van der Waals surface area contributed by atoms with Crippen LogP contribution >= 0.6 is 0 Å². The highest BCUT2D eigenvalue weighted by Gasteiger charge is 2.35. The van der Waals surface area contributed by atoms with Crippen molar-refractivity contribution in [1.82, 2.24) is 5.32 Å². The van der Waals surface area contributed by atoms with Gasteiger partial charge in [0.25, 0.3) is 0 Å². The van der Waals surface area contributed by atoms with Crippen molar-refractivity contribution >= 4 is 17.5 Å². The van der Waals surface area contributed by atoms with Gasteiger partial charge in [-0.05, 0) is 25.5 Å². The average molecular weight is 246 g/mol. The van der Waals surface area contributed by atoms with E-state index in [1.54, 1.807) is 4.90 Å². The highest BCUT2D eigenvalue weighted by atomic mass is 16.2. The van der Waals surface area contributed by atoms with Crippen LogP contribution in [-0.2, 0) is 9.59 Å². The van der Waals surface area contributed by atoms with Crippen LogP contribution in [0.5, 0.6) is 0 Å². The molecule has 1 aliphatic rings. The Morgan fingerprint density at radius 2 is 2.17 bits per heavy atom. The molecule has 0 aliphatic carbocycles. The summed E-state index contributed by atoms with van der Waals surface area (Å²) in [5, 5.41) is 2.78. The lowest BCUT2D eigenvalue weighted by Gasteiger charge is -2.18. The molecule has 0 radical (unpaired) electrons. The van der Waals surface area contributed by atoms with Gasteiger partial charge in [-0.3, -0.25) is 9.59 Å². The van der Waals surface area contributed by atoms with E-state index in [9.17, 15) is 9.59 Å². The maximum Gasteiger partial charge on any atom is 0.227 e. The number of carbonyl (C=O) groups excluding carboxylic acids is 2. The molecule has 0 unspecified atom stereocenters. The molecule has 1 aromatic carbocycles. The molecule has 18 heavy (non-hydrogen) atoms. The second-order valence-corrected chi connectivity index (χ2v) is 4.59. The lowest BCUT2D eigenvalue weighted by Crippen LogP contribution is -2.32. The first kappa shape index (κ1) is 12.6. The fraction of sp³-hybridized carbons (Fsp3) is 0.429. The molecule has 1 fully saturated rings. The van der Waals surface area contributed by atoms with Crippen molar-refractivity contribution in [3.8, 4) is 0 Å². The summed E-state index contributed by atoms with van der Waals surface area (Å²) in [7, 11) is 0. The number of hydrogen-bond acceptors (Lipinski definition) is 2. The fourth-order valence-corrected chi connectivity index (χ4v) is 2.30. The van der Waals surface area contributed by atoms with Gasteiger partial charge in [0.2, 0.25) is 11.8 Å². The highest BCUT2D eigenvalue weighted by molar-refractivity contribution is 6.00. The number of hydrogen-bond donors (Lipinski definition) is 1. The molecule has 0 spiro atoms. The normalized spacial score (nSPS) is 19.1. The van der Waals surface area contributed by atoms with Crippen LogP contribution in [0.25, 0.3) is 0 Å². The quantitative estimate of drug-likeness (QED) is 0.878. The minimum atomic E-state index is -0.225. The molecular formula is C14H18N2O2. The fourth-order valence-electron chi connectivity index (χ4n) is 2.30. The molecule has 1 heterocycles. The van der Waals surface area contributed by atoms with Crippen LogP contribution in [0.15, 0.2) is 24.3 Å². The van der Waals surface area contributed by atoms with Crippen molar-refractivity contribution in [2.75, 3.05) is 18.0 Å². The Balaban J connectivity index is 2.15. The van der Waals surface area contributed by atoms with E-state index in [0.717, 1.165) is 11.3 Å². The summed E-state index contributed by atoms with van der Waals surface area (Å²) in [6, 6.07) is 7.76. The van der Waals surface area contributed by atoms with Crippen LogP contribution in [0.1, 0.15) is 18.9 Å². The van der Waals surface area contributed by atoms with Crippen molar-refractivity contribution in [3.63, 3.8) is 0 Å². The van der Waals surface area contributed by atoms with Crippen molar-refractivity contribution in [2.24, 2.45) is 5.92 Å². The summed E-state index contributed by atoms with van der Waals surface area (Å²) < 4.78 is 0. The van der Waals surface area contributed by atoms with Gasteiger partial charge in [-0.1, -0.05) is 18.2 Å². The third-order valence-electron chi connectivity index (χ3n) is 3.25. The van der Waals surface area contributed by atoms with Gasteiger partial charge in [0, 0.05) is 25.2 Å². The first-order valence-corrected chi connectivity index (χ1v) is 6.27. The predicted octanol–water partition coefficient (Wildman–Crippen LogP) is 1.48. The van der Waals surface area contributed by atoms with E-state index in [4.69, 9.17) is 0 Å². The zero-order valence-corrected chi connectivity index (χ0v) is 10.8. The number of carbonyl (C=O) groups is 2. The van der Waals surface area contributed by atoms with Crippen LogP contribution < -0.4 is 10.2 Å². The second-order valence-electron chi connectivity index (χ2n) is 4.59. The molecule has 96 valence electrons. The van der Waals surface area contributed by atoms with Crippen LogP contribution in [0.4, 0.5) is 5.69 Å². The molecule has 4 nitrogen and oxygen atoms in total. The maximum atomic E-state index is 12.0. The molecule has 1 N–H and O–H groups in total. The molecule has 2 rings (SSSR count). The number of aryl methyl sites for hydroxylation is 1. The van der Waals surface area contributed by atoms with Crippen molar-refractivity contribution in [3.05, 3.63) is 29.8 Å². The van der Waals surface area contributed by atoms with Crippen LogP contribution in [0.3, 0.4) is 0 Å². The maximum absolute atomic E-state index is 12.0. The van der Waals surface area contributed by atoms with Gasteiger partial charge in [-0.15, -0.1) is 0 Å². The zero-order chi connectivity index (χ0) is 13.1. The summed E-state index contributed by atoms with van der Waals surface area (Å²) >= 11 is 0. The predicted molar refractivity (Wildman–Crippen MR) is 70.3 cm³/mol. The number of amides is 2. The molecule has 4 heteroatoms. The largest absolute Gasteiger partial charge is 0.356 e. The van der Waals surface area contributed by atoms with Gasteiger partial charge in [0.15, 0.2) is 0 Å². The van der Waals surface area contributed by atoms with Gasteiger partial charge in [-0.25, -0.2) is 0 Å².